The van der Waals surface area contributed by atoms with Gasteiger partial charge in [-0.05, 0) is 36.1 Å². The number of rotatable bonds is 6. The Morgan fingerprint density at radius 1 is 1.11 bits per heavy atom. The molecule has 0 saturated heterocycles. The largest absolute Gasteiger partial charge is 0.497 e. The summed E-state index contributed by atoms with van der Waals surface area (Å²) in [7, 11) is 1.71. The van der Waals surface area contributed by atoms with Crippen LogP contribution in [-0.4, -0.2) is 25.1 Å². The normalized spacial score (nSPS) is 11.9. The van der Waals surface area contributed by atoms with Crippen molar-refractivity contribution < 1.29 is 4.74 Å². The molecule has 0 aliphatic heterocycles. The first-order valence-electron chi connectivity index (χ1n) is 6.80. The predicted octanol–water partition coefficient (Wildman–Crippen LogP) is 3.95. The van der Waals surface area contributed by atoms with Crippen LogP contribution in [0.1, 0.15) is 39.7 Å². The highest BCUT2D eigenvalue weighted by Gasteiger charge is 2.15. The molecule has 102 valence electrons. The van der Waals surface area contributed by atoms with E-state index in [0.29, 0.717) is 5.41 Å². The SMILES string of the molecule is CCCN(Cc1ccc(OC)cc1)CC(C)(C)C. The van der Waals surface area contributed by atoms with Gasteiger partial charge in [-0.3, -0.25) is 4.90 Å². The van der Waals surface area contributed by atoms with Crippen LogP contribution in [0.3, 0.4) is 0 Å². The summed E-state index contributed by atoms with van der Waals surface area (Å²) in [5, 5.41) is 0. The van der Waals surface area contributed by atoms with Crippen molar-refractivity contribution >= 4 is 0 Å². The zero-order valence-electron chi connectivity index (χ0n) is 12.5. The Morgan fingerprint density at radius 3 is 2.17 bits per heavy atom. The Morgan fingerprint density at radius 2 is 1.72 bits per heavy atom. The van der Waals surface area contributed by atoms with Crippen LogP contribution in [0.15, 0.2) is 24.3 Å². The Balaban J connectivity index is 2.64. The van der Waals surface area contributed by atoms with Crippen molar-refractivity contribution in [2.75, 3.05) is 20.2 Å². The lowest BCUT2D eigenvalue weighted by molar-refractivity contribution is 0.184. The fourth-order valence-electron chi connectivity index (χ4n) is 2.19. The van der Waals surface area contributed by atoms with E-state index in [2.05, 4.69) is 44.7 Å². The molecular weight excluding hydrogens is 222 g/mol. The highest BCUT2D eigenvalue weighted by Crippen LogP contribution is 2.18. The average Bonchev–Trinajstić information content (AvgIpc) is 2.28. The summed E-state index contributed by atoms with van der Waals surface area (Å²) in [5.41, 5.74) is 1.70. The van der Waals surface area contributed by atoms with Crippen LogP contribution in [0.4, 0.5) is 0 Å². The summed E-state index contributed by atoms with van der Waals surface area (Å²) >= 11 is 0. The summed E-state index contributed by atoms with van der Waals surface area (Å²) in [6, 6.07) is 8.39. The van der Waals surface area contributed by atoms with Crippen LogP contribution in [0, 0.1) is 5.41 Å². The third-order valence-corrected chi connectivity index (χ3v) is 2.80. The van der Waals surface area contributed by atoms with E-state index >= 15 is 0 Å². The van der Waals surface area contributed by atoms with Crippen LogP contribution >= 0.6 is 0 Å². The van der Waals surface area contributed by atoms with Gasteiger partial charge in [0.2, 0.25) is 0 Å². The van der Waals surface area contributed by atoms with Crippen LogP contribution in [0.2, 0.25) is 0 Å². The van der Waals surface area contributed by atoms with Crippen LogP contribution < -0.4 is 4.74 Å². The van der Waals surface area contributed by atoms with Crippen molar-refractivity contribution in [2.24, 2.45) is 5.41 Å². The molecule has 0 unspecified atom stereocenters. The van der Waals surface area contributed by atoms with Gasteiger partial charge in [-0.1, -0.05) is 39.8 Å². The summed E-state index contributed by atoms with van der Waals surface area (Å²) in [4.78, 5) is 2.53. The van der Waals surface area contributed by atoms with Gasteiger partial charge in [0.05, 0.1) is 7.11 Å². The highest BCUT2D eigenvalue weighted by molar-refractivity contribution is 5.27. The van der Waals surface area contributed by atoms with E-state index in [0.717, 1.165) is 25.4 Å². The summed E-state index contributed by atoms with van der Waals surface area (Å²) in [6.07, 6.45) is 1.20. The average molecular weight is 249 g/mol. The van der Waals surface area contributed by atoms with Crippen molar-refractivity contribution in [3.05, 3.63) is 29.8 Å². The summed E-state index contributed by atoms with van der Waals surface area (Å²) < 4.78 is 5.19. The Hall–Kier alpha value is -1.02. The monoisotopic (exact) mass is 249 g/mol. The standard InChI is InChI=1S/C16H27NO/c1-6-11-17(13-16(2,3)4)12-14-7-9-15(18-5)10-8-14/h7-10H,6,11-13H2,1-5H3. The minimum Gasteiger partial charge on any atom is -0.497 e. The molecule has 0 aromatic heterocycles. The topological polar surface area (TPSA) is 12.5 Å². The van der Waals surface area contributed by atoms with Crippen LogP contribution in [0.5, 0.6) is 5.75 Å². The van der Waals surface area contributed by atoms with E-state index in [1.165, 1.54) is 12.0 Å². The molecule has 0 amide bonds. The van der Waals surface area contributed by atoms with E-state index in [1.807, 2.05) is 12.1 Å². The molecule has 0 spiro atoms. The van der Waals surface area contributed by atoms with Gasteiger partial charge < -0.3 is 4.74 Å². The van der Waals surface area contributed by atoms with Gasteiger partial charge >= 0.3 is 0 Å². The fraction of sp³-hybridized carbons (Fsp3) is 0.625. The van der Waals surface area contributed by atoms with E-state index in [1.54, 1.807) is 7.11 Å². The van der Waals surface area contributed by atoms with Gasteiger partial charge in [0.15, 0.2) is 0 Å². The number of benzene rings is 1. The number of hydrogen-bond acceptors (Lipinski definition) is 2. The van der Waals surface area contributed by atoms with Crippen molar-refractivity contribution in [3.8, 4) is 5.75 Å². The quantitative estimate of drug-likeness (QED) is 0.757. The first-order valence-corrected chi connectivity index (χ1v) is 6.80. The first-order chi connectivity index (χ1) is 8.44. The summed E-state index contributed by atoms with van der Waals surface area (Å²) in [6.45, 7) is 12.4. The minimum absolute atomic E-state index is 0.349. The molecule has 0 radical (unpaired) electrons. The second-order valence-corrected chi connectivity index (χ2v) is 6.12. The third kappa shape index (κ3) is 5.54. The van der Waals surface area contributed by atoms with Crippen LogP contribution in [0.25, 0.3) is 0 Å². The lowest BCUT2D eigenvalue weighted by Crippen LogP contribution is -2.32. The molecule has 0 heterocycles. The number of methoxy groups -OCH3 is 1. The molecule has 2 nitrogen and oxygen atoms in total. The molecule has 0 bridgehead atoms. The molecule has 2 heteroatoms. The highest BCUT2D eigenvalue weighted by atomic mass is 16.5. The maximum absolute atomic E-state index is 5.19. The molecule has 1 aromatic rings. The van der Waals surface area contributed by atoms with Gasteiger partial charge in [0, 0.05) is 13.1 Å². The maximum atomic E-state index is 5.19. The zero-order valence-corrected chi connectivity index (χ0v) is 12.5. The molecule has 0 aliphatic carbocycles. The third-order valence-electron chi connectivity index (χ3n) is 2.80. The fourth-order valence-corrected chi connectivity index (χ4v) is 2.19. The minimum atomic E-state index is 0.349. The molecule has 0 N–H and O–H groups in total. The van der Waals surface area contributed by atoms with Gasteiger partial charge in [-0.2, -0.15) is 0 Å². The molecule has 1 aromatic carbocycles. The van der Waals surface area contributed by atoms with Crippen LogP contribution in [-0.2, 0) is 6.54 Å². The second kappa shape index (κ2) is 6.79. The molecular formula is C16H27NO. The van der Waals surface area contributed by atoms with Crippen molar-refractivity contribution in [2.45, 2.75) is 40.7 Å². The molecule has 0 aliphatic rings. The lowest BCUT2D eigenvalue weighted by atomic mass is 9.95. The second-order valence-electron chi connectivity index (χ2n) is 6.12. The molecule has 1 rings (SSSR count). The number of hydrogen-bond donors (Lipinski definition) is 0. The molecule has 18 heavy (non-hydrogen) atoms. The van der Waals surface area contributed by atoms with E-state index < -0.39 is 0 Å². The van der Waals surface area contributed by atoms with E-state index in [9.17, 15) is 0 Å². The first kappa shape index (κ1) is 15.0. The predicted molar refractivity (Wildman–Crippen MR) is 78.0 cm³/mol. The number of nitrogens with zero attached hydrogens (tertiary/aromatic N) is 1. The summed E-state index contributed by atoms with van der Waals surface area (Å²) in [5.74, 6) is 0.927. The van der Waals surface area contributed by atoms with Crippen molar-refractivity contribution in [1.82, 2.24) is 4.90 Å². The molecule has 0 fully saturated rings. The smallest absolute Gasteiger partial charge is 0.118 e. The van der Waals surface area contributed by atoms with E-state index in [4.69, 9.17) is 4.74 Å². The maximum Gasteiger partial charge on any atom is 0.118 e. The van der Waals surface area contributed by atoms with Gasteiger partial charge in [0.1, 0.15) is 5.75 Å². The number of ether oxygens (including phenoxy) is 1. The van der Waals surface area contributed by atoms with E-state index in [-0.39, 0.29) is 0 Å². The van der Waals surface area contributed by atoms with Gasteiger partial charge in [-0.15, -0.1) is 0 Å². The van der Waals surface area contributed by atoms with Crippen molar-refractivity contribution in [1.29, 1.82) is 0 Å². The zero-order chi connectivity index (χ0) is 13.6. The van der Waals surface area contributed by atoms with Crippen molar-refractivity contribution in [3.63, 3.8) is 0 Å². The lowest BCUT2D eigenvalue weighted by Gasteiger charge is -2.29. The molecule has 0 atom stereocenters. The molecule has 0 saturated carbocycles. The van der Waals surface area contributed by atoms with Gasteiger partial charge in [0.25, 0.3) is 0 Å². The Bertz CT molecular complexity index is 337. The Labute approximate surface area is 112 Å². The van der Waals surface area contributed by atoms with Gasteiger partial charge in [-0.25, -0.2) is 0 Å². The Kier molecular flexibility index (Phi) is 5.67.